The summed E-state index contributed by atoms with van der Waals surface area (Å²) >= 11 is 0. The molecule has 142 valence electrons. The molecular weight excluding hydrogens is 351 g/mol. The number of urea groups is 1. The third-order valence-electron chi connectivity index (χ3n) is 5.21. The summed E-state index contributed by atoms with van der Waals surface area (Å²) in [4.78, 5) is 38.1. The van der Waals surface area contributed by atoms with Gasteiger partial charge in [0, 0.05) is 17.0 Å². The zero-order valence-corrected chi connectivity index (χ0v) is 14.7. The lowest BCUT2D eigenvalue weighted by atomic mass is 9.96. The van der Waals surface area contributed by atoms with Gasteiger partial charge in [-0.3, -0.25) is 14.5 Å². The number of imide groups is 1. The number of ketones is 1. The highest BCUT2D eigenvalue weighted by atomic mass is 19.4. The summed E-state index contributed by atoms with van der Waals surface area (Å²) in [5, 5.41) is 2.64. The van der Waals surface area contributed by atoms with E-state index < -0.39 is 42.5 Å². The molecule has 2 aliphatic rings. The number of hydrogen-bond acceptors (Lipinski definition) is 3. The Balaban J connectivity index is 1.80. The minimum absolute atomic E-state index is 0.0656. The van der Waals surface area contributed by atoms with E-state index in [1.165, 1.54) is 19.9 Å². The molecule has 3 amide bonds. The molecule has 26 heavy (non-hydrogen) atoms. The highest BCUT2D eigenvalue weighted by Crippen LogP contribution is 2.42. The van der Waals surface area contributed by atoms with E-state index in [9.17, 15) is 27.6 Å². The Labute approximate surface area is 148 Å². The van der Waals surface area contributed by atoms with Gasteiger partial charge in [-0.15, -0.1) is 0 Å². The number of carbonyl (C=O) groups excluding carboxylic acids is 3. The second kappa shape index (κ2) is 5.85. The summed E-state index contributed by atoms with van der Waals surface area (Å²) in [5.74, 6) is -0.951. The van der Waals surface area contributed by atoms with Crippen LogP contribution in [0.5, 0.6) is 0 Å². The van der Waals surface area contributed by atoms with Crippen molar-refractivity contribution in [2.45, 2.75) is 51.9 Å². The summed E-state index contributed by atoms with van der Waals surface area (Å²) in [7, 11) is 0. The molecule has 0 unspecified atom stereocenters. The maximum atomic E-state index is 12.7. The van der Waals surface area contributed by atoms with E-state index in [0.29, 0.717) is 5.69 Å². The highest BCUT2D eigenvalue weighted by Gasteiger charge is 2.56. The molecule has 0 bridgehead atoms. The first-order chi connectivity index (χ1) is 11.9. The maximum absolute atomic E-state index is 12.7. The quantitative estimate of drug-likeness (QED) is 0.639. The van der Waals surface area contributed by atoms with Crippen molar-refractivity contribution in [3.63, 3.8) is 0 Å². The minimum Gasteiger partial charge on any atom is -0.339 e. The number of Topliss-reactive ketones (excluding diaryl/α,β-unsaturated/α-hetero) is 1. The van der Waals surface area contributed by atoms with Crippen LogP contribution < -0.4 is 5.32 Å². The zero-order chi connectivity index (χ0) is 19.4. The van der Waals surface area contributed by atoms with Crippen molar-refractivity contribution in [3.05, 3.63) is 23.0 Å². The lowest BCUT2D eigenvalue weighted by Crippen LogP contribution is -2.46. The molecule has 9 heteroatoms. The summed E-state index contributed by atoms with van der Waals surface area (Å²) in [6.07, 6.45) is -2.74. The van der Waals surface area contributed by atoms with Crippen molar-refractivity contribution in [2.75, 3.05) is 6.54 Å². The van der Waals surface area contributed by atoms with Gasteiger partial charge in [0.1, 0.15) is 12.1 Å². The third kappa shape index (κ3) is 3.10. The molecule has 1 aromatic heterocycles. The fraction of sp³-hybridized carbons (Fsp3) is 0.588. The Hall–Kier alpha value is -2.32. The van der Waals surface area contributed by atoms with E-state index >= 15 is 0 Å². The molecule has 2 heterocycles. The summed E-state index contributed by atoms with van der Waals surface area (Å²) in [6.45, 7) is 2.87. The Kier molecular flexibility index (Phi) is 4.16. The van der Waals surface area contributed by atoms with Gasteiger partial charge in [-0.2, -0.15) is 13.2 Å². The molecule has 6 nitrogen and oxygen atoms in total. The Morgan fingerprint density at radius 1 is 1.31 bits per heavy atom. The first-order valence-corrected chi connectivity index (χ1v) is 8.35. The number of hydrogen-bond donors (Lipinski definition) is 1. The minimum atomic E-state index is -4.41. The van der Waals surface area contributed by atoms with Gasteiger partial charge in [-0.05, 0) is 45.6 Å². The molecule has 0 radical (unpaired) electrons. The summed E-state index contributed by atoms with van der Waals surface area (Å²) in [6, 6.07) is 0.726. The van der Waals surface area contributed by atoms with Crippen LogP contribution in [0.3, 0.4) is 0 Å². The number of aromatic nitrogens is 1. The van der Waals surface area contributed by atoms with Gasteiger partial charge in [0.2, 0.25) is 0 Å². The van der Waals surface area contributed by atoms with Crippen LogP contribution >= 0.6 is 0 Å². The number of halogens is 3. The van der Waals surface area contributed by atoms with Crippen molar-refractivity contribution in [1.29, 1.82) is 0 Å². The predicted molar refractivity (Wildman–Crippen MR) is 85.7 cm³/mol. The molecule has 1 aliphatic heterocycles. The molecule has 0 aromatic carbocycles. The van der Waals surface area contributed by atoms with Crippen molar-refractivity contribution in [2.24, 2.45) is 5.92 Å². The SMILES string of the molecule is Cc1cc(C(=O)CN2C(=O)N[C@@](C)(C3CC3)C2=O)c(C)n1CC(F)(F)F. The van der Waals surface area contributed by atoms with Crippen molar-refractivity contribution >= 4 is 17.7 Å². The number of amides is 3. The molecule has 1 aromatic rings. The van der Waals surface area contributed by atoms with Gasteiger partial charge >= 0.3 is 12.2 Å². The van der Waals surface area contributed by atoms with Crippen LogP contribution in [0.1, 0.15) is 41.5 Å². The molecular formula is C17H20F3N3O3. The monoisotopic (exact) mass is 371 g/mol. The van der Waals surface area contributed by atoms with Gasteiger partial charge in [-0.25, -0.2) is 4.79 Å². The van der Waals surface area contributed by atoms with Crippen LogP contribution in [-0.4, -0.2) is 45.4 Å². The number of nitrogens with one attached hydrogen (secondary N) is 1. The zero-order valence-electron chi connectivity index (χ0n) is 14.7. The smallest absolute Gasteiger partial charge is 0.339 e. The number of alkyl halides is 3. The van der Waals surface area contributed by atoms with E-state index in [4.69, 9.17) is 0 Å². The van der Waals surface area contributed by atoms with Gasteiger partial charge in [0.05, 0.1) is 6.54 Å². The predicted octanol–water partition coefficient (Wildman–Crippen LogP) is 2.57. The van der Waals surface area contributed by atoms with Gasteiger partial charge in [-0.1, -0.05) is 0 Å². The van der Waals surface area contributed by atoms with Gasteiger partial charge < -0.3 is 9.88 Å². The van der Waals surface area contributed by atoms with Crippen LogP contribution in [0.4, 0.5) is 18.0 Å². The fourth-order valence-electron chi connectivity index (χ4n) is 3.53. The molecule has 1 saturated carbocycles. The lowest BCUT2D eigenvalue weighted by Gasteiger charge is -2.20. The highest BCUT2D eigenvalue weighted by molar-refractivity contribution is 6.11. The number of nitrogens with zero attached hydrogens (tertiary/aromatic N) is 2. The third-order valence-corrected chi connectivity index (χ3v) is 5.21. The normalized spacial score (nSPS) is 23.5. The Bertz CT molecular complexity index is 795. The standard InChI is InChI=1S/C17H20F3N3O3/c1-9-6-12(10(2)23(9)8-17(18,19)20)13(24)7-22-14(25)16(3,11-4-5-11)21-15(22)26/h6,11H,4-5,7-8H2,1-3H3,(H,21,26)/t16-/m0/s1. The number of rotatable bonds is 5. The van der Waals surface area contributed by atoms with E-state index in [0.717, 1.165) is 22.3 Å². The van der Waals surface area contributed by atoms with E-state index in [1.807, 2.05) is 0 Å². The van der Waals surface area contributed by atoms with Crippen molar-refractivity contribution < 1.29 is 27.6 Å². The van der Waals surface area contributed by atoms with Gasteiger partial charge in [0.15, 0.2) is 5.78 Å². The van der Waals surface area contributed by atoms with Crippen LogP contribution in [0.2, 0.25) is 0 Å². The van der Waals surface area contributed by atoms with E-state index in [2.05, 4.69) is 5.32 Å². The van der Waals surface area contributed by atoms with Crippen molar-refractivity contribution in [3.8, 4) is 0 Å². The first kappa shape index (κ1) is 18.5. The molecule has 0 spiro atoms. The molecule has 2 fully saturated rings. The molecule has 3 rings (SSSR count). The average Bonchev–Trinajstić information content (AvgIpc) is 3.30. The van der Waals surface area contributed by atoms with Crippen LogP contribution in [0.15, 0.2) is 6.07 Å². The second-order valence-corrected chi connectivity index (χ2v) is 7.21. The van der Waals surface area contributed by atoms with Crippen LogP contribution in [0.25, 0.3) is 0 Å². The average molecular weight is 371 g/mol. The Morgan fingerprint density at radius 2 is 1.92 bits per heavy atom. The molecule has 1 N–H and O–H groups in total. The van der Waals surface area contributed by atoms with E-state index in [1.54, 1.807) is 6.92 Å². The second-order valence-electron chi connectivity index (χ2n) is 7.21. The molecule has 1 aliphatic carbocycles. The maximum Gasteiger partial charge on any atom is 0.406 e. The van der Waals surface area contributed by atoms with Gasteiger partial charge in [0.25, 0.3) is 5.91 Å². The first-order valence-electron chi connectivity index (χ1n) is 8.35. The number of aryl methyl sites for hydroxylation is 1. The number of carbonyl (C=O) groups is 3. The van der Waals surface area contributed by atoms with Crippen LogP contribution in [-0.2, 0) is 11.3 Å². The summed E-state index contributed by atoms with van der Waals surface area (Å²) < 4.78 is 39.1. The molecule has 1 atom stereocenters. The largest absolute Gasteiger partial charge is 0.406 e. The lowest BCUT2D eigenvalue weighted by molar-refractivity contribution is -0.141. The topological polar surface area (TPSA) is 71.4 Å². The van der Waals surface area contributed by atoms with Crippen LogP contribution in [0, 0.1) is 19.8 Å². The van der Waals surface area contributed by atoms with E-state index in [-0.39, 0.29) is 17.2 Å². The van der Waals surface area contributed by atoms with Crippen molar-refractivity contribution in [1.82, 2.24) is 14.8 Å². The Morgan fingerprint density at radius 3 is 2.46 bits per heavy atom. The summed E-state index contributed by atoms with van der Waals surface area (Å²) in [5.41, 5.74) is -0.442. The fourth-order valence-corrected chi connectivity index (χ4v) is 3.53. The molecule has 1 saturated heterocycles.